The van der Waals surface area contributed by atoms with Crippen molar-refractivity contribution >= 4 is 11.9 Å². The minimum absolute atomic E-state index is 0.194. The first-order valence-electron chi connectivity index (χ1n) is 7.34. The number of esters is 1. The molecule has 21 heavy (non-hydrogen) atoms. The minimum Gasteiger partial charge on any atom is -0.478 e. The lowest BCUT2D eigenvalue weighted by molar-refractivity contribution is -0.146. The van der Waals surface area contributed by atoms with Crippen LogP contribution in [0.5, 0.6) is 0 Å². The van der Waals surface area contributed by atoms with E-state index in [2.05, 4.69) is 4.90 Å². The summed E-state index contributed by atoms with van der Waals surface area (Å²) in [6.45, 7) is 9.30. The number of carboxylic acids is 1. The quantitative estimate of drug-likeness (QED) is 0.564. The lowest BCUT2D eigenvalue weighted by atomic mass is 10.1. The van der Waals surface area contributed by atoms with Crippen LogP contribution >= 0.6 is 0 Å². The van der Waals surface area contributed by atoms with Crippen LogP contribution in [-0.2, 0) is 19.1 Å². The van der Waals surface area contributed by atoms with Crippen molar-refractivity contribution in [3.8, 4) is 0 Å². The van der Waals surface area contributed by atoms with Gasteiger partial charge in [-0.3, -0.25) is 4.90 Å². The molecule has 0 aromatic heterocycles. The zero-order chi connectivity index (χ0) is 15.8. The van der Waals surface area contributed by atoms with Crippen LogP contribution in [-0.4, -0.2) is 60.9 Å². The molecule has 0 amide bonds. The standard InChI is InChI=1S/C15H25NO5/c1-11(2)12(3)21-15(19)13(10-14(17)18)4-5-16-6-8-20-9-7-16/h10-12H,4-9H2,1-3H3,(H,17,18)/b13-10+. The molecule has 1 heterocycles. The molecule has 0 bridgehead atoms. The molecule has 1 atom stereocenters. The van der Waals surface area contributed by atoms with Gasteiger partial charge in [0.25, 0.3) is 0 Å². The van der Waals surface area contributed by atoms with Crippen LogP contribution in [0.1, 0.15) is 27.2 Å². The van der Waals surface area contributed by atoms with Gasteiger partial charge in [-0.25, -0.2) is 9.59 Å². The molecule has 1 N–H and O–H groups in total. The summed E-state index contributed by atoms with van der Waals surface area (Å²) in [5.41, 5.74) is 0.210. The summed E-state index contributed by atoms with van der Waals surface area (Å²) in [6, 6.07) is 0. The van der Waals surface area contributed by atoms with E-state index < -0.39 is 11.9 Å². The van der Waals surface area contributed by atoms with Gasteiger partial charge in [-0.05, 0) is 19.3 Å². The molecule has 1 fully saturated rings. The number of hydrogen-bond acceptors (Lipinski definition) is 5. The highest BCUT2D eigenvalue weighted by molar-refractivity contribution is 5.95. The number of carboxylic acid groups (broad SMARTS) is 1. The van der Waals surface area contributed by atoms with Gasteiger partial charge in [0.2, 0.25) is 0 Å². The highest BCUT2D eigenvalue weighted by atomic mass is 16.5. The van der Waals surface area contributed by atoms with Gasteiger partial charge in [0, 0.05) is 31.3 Å². The van der Waals surface area contributed by atoms with E-state index in [1.54, 1.807) is 0 Å². The number of morpholine rings is 1. The van der Waals surface area contributed by atoms with Crippen LogP contribution in [0.4, 0.5) is 0 Å². The molecular formula is C15H25NO5. The normalized spacial score (nSPS) is 18.6. The van der Waals surface area contributed by atoms with Gasteiger partial charge in [0.15, 0.2) is 0 Å². The number of carbonyl (C=O) groups is 2. The smallest absolute Gasteiger partial charge is 0.334 e. The zero-order valence-electron chi connectivity index (χ0n) is 13.0. The number of rotatable bonds is 7. The molecule has 0 spiro atoms. The summed E-state index contributed by atoms with van der Waals surface area (Å²) in [5.74, 6) is -1.47. The number of ether oxygens (including phenoxy) is 2. The van der Waals surface area contributed by atoms with Crippen LogP contribution in [0.2, 0.25) is 0 Å². The topological polar surface area (TPSA) is 76.1 Å². The Balaban J connectivity index is 2.58. The van der Waals surface area contributed by atoms with Crippen LogP contribution < -0.4 is 0 Å². The average molecular weight is 299 g/mol. The molecule has 1 saturated heterocycles. The Hall–Kier alpha value is -1.40. The van der Waals surface area contributed by atoms with Gasteiger partial charge in [0.1, 0.15) is 6.10 Å². The summed E-state index contributed by atoms with van der Waals surface area (Å²) in [7, 11) is 0. The summed E-state index contributed by atoms with van der Waals surface area (Å²) in [6.07, 6.45) is 1.09. The van der Waals surface area contributed by atoms with E-state index in [1.165, 1.54) is 0 Å². The van der Waals surface area contributed by atoms with E-state index in [9.17, 15) is 9.59 Å². The molecule has 120 valence electrons. The van der Waals surface area contributed by atoms with Crippen LogP contribution in [0.25, 0.3) is 0 Å². The van der Waals surface area contributed by atoms with E-state index >= 15 is 0 Å². The highest BCUT2D eigenvalue weighted by Crippen LogP contribution is 2.12. The number of nitrogens with zero attached hydrogens (tertiary/aromatic N) is 1. The maximum absolute atomic E-state index is 12.1. The van der Waals surface area contributed by atoms with Crippen molar-refractivity contribution in [1.82, 2.24) is 4.90 Å². The highest BCUT2D eigenvalue weighted by Gasteiger charge is 2.19. The van der Waals surface area contributed by atoms with Crippen molar-refractivity contribution in [3.63, 3.8) is 0 Å². The Morgan fingerprint density at radius 3 is 2.43 bits per heavy atom. The third-order valence-corrected chi connectivity index (χ3v) is 3.59. The molecule has 1 rings (SSSR count). The molecule has 0 aromatic carbocycles. The fourth-order valence-corrected chi connectivity index (χ4v) is 1.87. The zero-order valence-corrected chi connectivity index (χ0v) is 13.0. The number of carbonyl (C=O) groups excluding carboxylic acids is 1. The van der Waals surface area contributed by atoms with Gasteiger partial charge < -0.3 is 14.6 Å². The molecule has 0 aliphatic carbocycles. The Kier molecular flexibility index (Phi) is 7.39. The monoisotopic (exact) mass is 299 g/mol. The van der Waals surface area contributed by atoms with E-state index in [-0.39, 0.29) is 17.6 Å². The van der Waals surface area contributed by atoms with Crippen LogP contribution in [0.3, 0.4) is 0 Å². The fourth-order valence-electron chi connectivity index (χ4n) is 1.87. The van der Waals surface area contributed by atoms with Crippen molar-refractivity contribution in [2.24, 2.45) is 5.92 Å². The molecule has 1 aliphatic rings. The lowest BCUT2D eigenvalue weighted by Crippen LogP contribution is -2.37. The van der Waals surface area contributed by atoms with Gasteiger partial charge in [-0.15, -0.1) is 0 Å². The van der Waals surface area contributed by atoms with E-state index in [1.807, 2.05) is 20.8 Å². The predicted octanol–water partition coefficient (Wildman–Crippen LogP) is 1.31. The summed E-state index contributed by atoms with van der Waals surface area (Å²) >= 11 is 0. The third kappa shape index (κ3) is 6.73. The molecule has 1 aliphatic heterocycles. The molecule has 0 saturated carbocycles. The van der Waals surface area contributed by atoms with Gasteiger partial charge >= 0.3 is 11.9 Å². The Morgan fingerprint density at radius 2 is 1.90 bits per heavy atom. The second-order valence-electron chi connectivity index (χ2n) is 5.57. The van der Waals surface area contributed by atoms with Crippen LogP contribution in [0.15, 0.2) is 11.6 Å². The molecule has 0 radical (unpaired) electrons. The number of aliphatic carboxylic acids is 1. The van der Waals surface area contributed by atoms with Crippen molar-refractivity contribution in [2.75, 3.05) is 32.8 Å². The van der Waals surface area contributed by atoms with Crippen molar-refractivity contribution in [1.29, 1.82) is 0 Å². The maximum atomic E-state index is 12.1. The molecule has 1 unspecified atom stereocenters. The lowest BCUT2D eigenvalue weighted by Gasteiger charge is -2.26. The average Bonchev–Trinajstić information content (AvgIpc) is 2.43. The second-order valence-corrected chi connectivity index (χ2v) is 5.57. The minimum atomic E-state index is -1.12. The largest absolute Gasteiger partial charge is 0.478 e. The third-order valence-electron chi connectivity index (χ3n) is 3.59. The fraction of sp³-hybridized carbons (Fsp3) is 0.733. The van der Waals surface area contributed by atoms with Crippen molar-refractivity contribution in [3.05, 3.63) is 11.6 Å². The summed E-state index contributed by atoms with van der Waals surface area (Å²) in [4.78, 5) is 25.1. The predicted molar refractivity (Wildman–Crippen MR) is 78.0 cm³/mol. The molecule has 6 nitrogen and oxygen atoms in total. The maximum Gasteiger partial charge on any atom is 0.334 e. The van der Waals surface area contributed by atoms with Crippen molar-refractivity contribution < 1.29 is 24.2 Å². The molecule has 0 aromatic rings. The SMILES string of the molecule is CC(C)C(C)OC(=O)/C(=C/C(=O)O)CCN1CCOCC1. The summed E-state index contributed by atoms with van der Waals surface area (Å²) in [5, 5.41) is 8.90. The molecular weight excluding hydrogens is 274 g/mol. The Labute approximate surface area is 125 Å². The van der Waals surface area contributed by atoms with E-state index in [0.29, 0.717) is 26.2 Å². The van der Waals surface area contributed by atoms with Gasteiger partial charge in [-0.2, -0.15) is 0 Å². The van der Waals surface area contributed by atoms with Crippen LogP contribution in [0, 0.1) is 5.92 Å². The Morgan fingerprint density at radius 1 is 1.29 bits per heavy atom. The Bertz CT molecular complexity index is 386. The first kappa shape index (κ1) is 17.7. The van der Waals surface area contributed by atoms with Gasteiger partial charge in [0.05, 0.1) is 13.2 Å². The first-order chi connectivity index (χ1) is 9.90. The second kappa shape index (κ2) is 8.79. The molecule has 6 heteroatoms. The van der Waals surface area contributed by atoms with E-state index in [0.717, 1.165) is 19.2 Å². The van der Waals surface area contributed by atoms with Crippen molar-refractivity contribution in [2.45, 2.75) is 33.3 Å². The van der Waals surface area contributed by atoms with Gasteiger partial charge in [-0.1, -0.05) is 13.8 Å². The number of hydrogen-bond donors (Lipinski definition) is 1. The first-order valence-corrected chi connectivity index (χ1v) is 7.34. The summed E-state index contributed by atoms with van der Waals surface area (Å²) < 4.78 is 10.6. The van der Waals surface area contributed by atoms with E-state index in [4.69, 9.17) is 14.6 Å².